The van der Waals surface area contributed by atoms with Gasteiger partial charge in [-0.15, -0.1) is 0 Å². The number of furan rings is 3. The minimum absolute atomic E-state index is 0.0304. The lowest BCUT2D eigenvalue weighted by molar-refractivity contribution is 0.103. The standard InChI is InChI=1S/C38H24O2.C19H12O2/c1-3-11-25(12-4-1)37(27-19-21-35-31(23-27)29-15-7-9-17-33(29)39-35)38(26-13-5-2-6-14-26)28-20-22-36-32(24-28)30-16-8-10-18-34(30)40-36;20-19(13-6-2-1-3-7-13)14-10-11-18-16(12-14)15-8-4-5-9-17(15)21-18/h1-24H;1-12H. The maximum absolute atomic E-state index is 12.5. The quantitative estimate of drug-likeness (QED) is 0.124. The third kappa shape index (κ3) is 6.57. The van der Waals surface area contributed by atoms with Crippen molar-refractivity contribution in [3.63, 3.8) is 0 Å². The van der Waals surface area contributed by atoms with Gasteiger partial charge in [0, 0.05) is 43.4 Å². The second-order valence-corrected chi connectivity index (χ2v) is 15.1. The third-order valence-electron chi connectivity index (χ3n) is 11.4. The van der Waals surface area contributed by atoms with Crippen LogP contribution in [-0.4, -0.2) is 5.78 Å². The van der Waals surface area contributed by atoms with Crippen molar-refractivity contribution in [3.8, 4) is 0 Å². The van der Waals surface area contributed by atoms with Crippen LogP contribution in [0.15, 0.2) is 232 Å². The fourth-order valence-electron chi connectivity index (χ4n) is 8.51. The van der Waals surface area contributed by atoms with Gasteiger partial charge in [-0.2, -0.15) is 0 Å². The molecule has 0 amide bonds. The van der Waals surface area contributed by atoms with Gasteiger partial charge in [-0.3, -0.25) is 4.79 Å². The van der Waals surface area contributed by atoms with E-state index in [4.69, 9.17) is 13.3 Å². The van der Waals surface area contributed by atoms with E-state index in [0.29, 0.717) is 11.1 Å². The van der Waals surface area contributed by atoms with Crippen LogP contribution in [0.5, 0.6) is 0 Å². The minimum atomic E-state index is 0.0304. The summed E-state index contributed by atoms with van der Waals surface area (Å²) in [6.07, 6.45) is 0. The molecule has 0 atom stereocenters. The Hall–Kier alpha value is -8.21. The summed E-state index contributed by atoms with van der Waals surface area (Å²) in [7, 11) is 0. The summed E-state index contributed by atoms with van der Waals surface area (Å²) in [5.74, 6) is 0.0304. The van der Waals surface area contributed by atoms with E-state index in [1.165, 1.54) is 11.1 Å². The summed E-state index contributed by atoms with van der Waals surface area (Å²) in [5, 5.41) is 6.50. The fraction of sp³-hybridized carbons (Fsp3) is 0. The Morgan fingerprint density at radius 2 is 0.541 bits per heavy atom. The second kappa shape index (κ2) is 15.2. The topological polar surface area (TPSA) is 56.5 Å². The molecule has 0 radical (unpaired) electrons. The summed E-state index contributed by atoms with van der Waals surface area (Å²) >= 11 is 0. The summed E-state index contributed by atoms with van der Waals surface area (Å²) in [6.45, 7) is 0. The number of rotatable bonds is 6. The van der Waals surface area contributed by atoms with Crippen LogP contribution < -0.4 is 0 Å². The van der Waals surface area contributed by atoms with Crippen LogP contribution in [0.25, 0.3) is 77.0 Å². The van der Waals surface area contributed by atoms with Crippen LogP contribution in [0, 0.1) is 0 Å². The maximum atomic E-state index is 12.5. The van der Waals surface area contributed by atoms with E-state index in [2.05, 4.69) is 121 Å². The van der Waals surface area contributed by atoms with Gasteiger partial charge in [-0.05, 0) is 94.1 Å². The van der Waals surface area contributed by atoms with Crippen LogP contribution in [0.4, 0.5) is 0 Å². The van der Waals surface area contributed by atoms with Crippen molar-refractivity contribution in [2.45, 2.75) is 0 Å². The van der Waals surface area contributed by atoms with Crippen molar-refractivity contribution < 1.29 is 18.0 Å². The number of hydrogen-bond donors (Lipinski definition) is 0. The van der Waals surface area contributed by atoms with Crippen molar-refractivity contribution in [2.75, 3.05) is 0 Å². The van der Waals surface area contributed by atoms with Crippen LogP contribution in [0.2, 0.25) is 0 Å². The number of carbonyl (C=O) groups excluding carboxylic acids is 1. The predicted molar refractivity (Wildman–Crippen MR) is 249 cm³/mol. The Morgan fingerprint density at radius 1 is 0.246 bits per heavy atom. The number of carbonyl (C=O) groups is 1. The first kappa shape index (κ1) is 35.9. The van der Waals surface area contributed by atoms with Gasteiger partial charge >= 0.3 is 0 Å². The lowest BCUT2D eigenvalue weighted by Gasteiger charge is -2.18. The highest BCUT2D eigenvalue weighted by molar-refractivity contribution is 6.14. The van der Waals surface area contributed by atoms with Crippen LogP contribution >= 0.6 is 0 Å². The molecule has 0 saturated heterocycles. The highest BCUT2D eigenvalue weighted by Gasteiger charge is 2.19. The lowest BCUT2D eigenvalue weighted by Crippen LogP contribution is -2.00. The van der Waals surface area contributed by atoms with Crippen LogP contribution in [0.1, 0.15) is 38.2 Å². The molecular formula is C57H36O4. The molecule has 0 aliphatic heterocycles. The second-order valence-electron chi connectivity index (χ2n) is 15.1. The van der Waals surface area contributed by atoms with Crippen molar-refractivity contribution in [1.29, 1.82) is 0 Å². The highest BCUT2D eigenvalue weighted by Crippen LogP contribution is 2.41. The first-order valence-electron chi connectivity index (χ1n) is 20.4. The van der Waals surface area contributed by atoms with Crippen molar-refractivity contribution in [1.82, 2.24) is 0 Å². The van der Waals surface area contributed by atoms with Gasteiger partial charge in [0.2, 0.25) is 0 Å². The van der Waals surface area contributed by atoms with E-state index in [0.717, 1.165) is 88.1 Å². The van der Waals surface area contributed by atoms with Gasteiger partial charge in [0.1, 0.15) is 33.5 Å². The molecule has 0 bridgehead atoms. The Kier molecular flexibility index (Phi) is 8.94. The molecule has 0 aliphatic rings. The van der Waals surface area contributed by atoms with Gasteiger partial charge in [0.15, 0.2) is 5.78 Å². The van der Waals surface area contributed by atoms with Crippen LogP contribution in [0.3, 0.4) is 0 Å². The molecule has 4 heteroatoms. The Morgan fingerprint density at radius 3 is 0.934 bits per heavy atom. The first-order valence-corrected chi connectivity index (χ1v) is 20.4. The van der Waals surface area contributed by atoms with E-state index in [-0.39, 0.29) is 5.78 Å². The molecule has 0 unspecified atom stereocenters. The Labute approximate surface area is 351 Å². The molecule has 3 aromatic heterocycles. The molecule has 12 aromatic rings. The summed E-state index contributed by atoms with van der Waals surface area (Å²) in [4.78, 5) is 12.5. The van der Waals surface area contributed by atoms with E-state index in [9.17, 15) is 4.79 Å². The summed E-state index contributed by atoms with van der Waals surface area (Å²) in [5.41, 5.74) is 13.6. The van der Waals surface area contributed by atoms with Crippen molar-refractivity contribution in [2.24, 2.45) is 0 Å². The predicted octanol–water partition coefficient (Wildman–Crippen LogP) is 15.3. The van der Waals surface area contributed by atoms with Crippen molar-refractivity contribution >= 4 is 82.7 Å². The van der Waals surface area contributed by atoms with Gasteiger partial charge in [-0.1, -0.05) is 158 Å². The molecule has 0 aliphatic carbocycles. The monoisotopic (exact) mass is 784 g/mol. The molecule has 9 aromatic carbocycles. The molecule has 4 nitrogen and oxygen atoms in total. The molecular weight excluding hydrogens is 749 g/mol. The number of fused-ring (bicyclic) bond motifs is 9. The smallest absolute Gasteiger partial charge is 0.193 e. The molecule has 288 valence electrons. The van der Waals surface area contributed by atoms with Crippen molar-refractivity contribution in [3.05, 3.63) is 252 Å². The zero-order chi connectivity index (χ0) is 40.7. The number of para-hydroxylation sites is 3. The molecule has 3 heterocycles. The summed E-state index contributed by atoms with van der Waals surface area (Å²) in [6, 6.07) is 73.8. The maximum Gasteiger partial charge on any atom is 0.193 e. The van der Waals surface area contributed by atoms with Gasteiger partial charge in [-0.25, -0.2) is 0 Å². The number of hydrogen-bond acceptors (Lipinski definition) is 4. The zero-order valence-corrected chi connectivity index (χ0v) is 32.9. The average molecular weight is 785 g/mol. The largest absolute Gasteiger partial charge is 0.456 e. The van der Waals surface area contributed by atoms with Gasteiger partial charge in [0.25, 0.3) is 0 Å². The lowest BCUT2D eigenvalue weighted by atomic mass is 9.85. The average Bonchev–Trinajstić information content (AvgIpc) is 4.02. The number of ketones is 1. The van der Waals surface area contributed by atoms with E-state index in [1.54, 1.807) is 0 Å². The first-order chi connectivity index (χ1) is 30.2. The number of benzene rings is 9. The van der Waals surface area contributed by atoms with Gasteiger partial charge < -0.3 is 13.3 Å². The summed E-state index contributed by atoms with van der Waals surface area (Å²) < 4.78 is 18.1. The highest BCUT2D eigenvalue weighted by atomic mass is 16.3. The molecule has 0 spiro atoms. The SMILES string of the molecule is O=C(c1ccccc1)c1ccc2oc3ccccc3c2c1.c1ccc(C(=C(c2ccccc2)c2ccc3oc4ccccc4c3c2)c2ccc3oc4ccccc4c3c2)cc1. The molecule has 0 fully saturated rings. The van der Waals surface area contributed by atoms with Gasteiger partial charge in [0.05, 0.1) is 0 Å². The van der Waals surface area contributed by atoms with Crippen LogP contribution in [-0.2, 0) is 0 Å². The third-order valence-corrected chi connectivity index (χ3v) is 11.4. The Balaban J connectivity index is 0.000000168. The molecule has 61 heavy (non-hydrogen) atoms. The molecule has 0 N–H and O–H groups in total. The fourth-order valence-corrected chi connectivity index (χ4v) is 8.51. The van der Waals surface area contributed by atoms with E-state index in [1.807, 2.05) is 97.1 Å². The molecule has 0 saturated carbocycles. The normalized spacial score (nSPS) is 11.9. The van der Waals surface area contributed by atoms with E-state index < -0.39 is 0 Å². The minimum Gasteiger partial charge on any atom is -0.456 e. The zero-order valence-electron chi connectivity index (χ0n) is 32.9. The Bertz CT molecular complexity index is 3430. The van der Waals surface area contributed by atoms with E-state index >= 15 is 0 Å². The molecule has 12 rings (SSSR count).